The number of likely N-dealkylation sites (N-methyl/N-ethyl adjacent to an activating group) is 2. The number of benzene rings is 4. The number of carbonyl (C=O) groups excluding carboxylic acids is 4. The number of sulfonamides is 1. The molecule has 6 aromatic rings. The molecule has 96 heavy (non-hydrogen) atoms. The van der Waals surface area contributed by atoms with Crippen molar-refractivity contribution in [3.05, 3.63) is 106 Å². The molecule has 8 unspecified atom stereocenters. The van der Waals surface area contributed by atoms with Crippen LogP contribution in [0.5, 0.6) is 11.5 Å². The van der Waals surface area contributed by atoms with E-state index in [4.69, 9.17) is 9.47 Å². The molecule has 10 fully saturated rings. The first kappa shape index (κ1) is 62.7. The fourth-order valence-electron chi connectivity index (χ4n) is 19.8. The molecule has 0 radical (unpaired) electrons. The lowest BCUT2D eigenvalue weighted by Gasteiger charge is -2.41. The monoisotopic (exact) mass is 1340 g/mol. The van der Waals surface area contributed by atoms with Gasteiger partial charge in [-0.1, -0.05) is 50.7 Å². The molecule has 4 aromatic carbocycles. The quantitative estimate of drug-likeness (QED) is 0.111. The first-order valence-corrected chi connectivity index (χ1v) is 38.8. The largest absolute Gasteiger partial charge is 0.497 e. The van der Waals surface area contributed by atoms with Crippen LogP contribution in [0.3, 0.4) is 0 Å². The zero-order valence-electron chi connectivity index (χ0n) is 56.1. The van der Waals surface area contributed by atoms with Crippen molar-refractivity contribution in [3.63, 3.8) is 0 Å². The van der Waals surface area contributed by atoms with Crippen LogP contribution in [0.15, 0.2) is 72.8 Å². The molecule has 6 saturated carbocycles. The standard InChI is InChI=1S/C38H47N5O5S.C37H44N4O5S/c1-40-20-26-12-13-27(21-40)43(26)37(45)38-19-32(38)31-18-28(48-3)14-16-29(31)35-34(23-7-5-4-6-8-23)30-15-9-24(17-33(30)42(35)22-38)36(44)39-49(46,47)41(2)25-10-11-25;1-39-19-24-9-10-25(20-39)41(24)36(43)37-18-31(37)30-17-26(46-2)11-15-28(30)34-33(22-6-4-3-5-7-22)29-14-8-23(16-32(29)40(34)21-37)35(42)38-47(44,45)27-12-13-27/h9,14-18,23,25-27,32H,4-8,10-13,19-22H2,1-3H3,(H,39,44);8,11,14-17,22,24-25,27,31H,3-7,9-10,12-13,18-21H2,1-2H3,(H,38,42). The Morgan fingerprint density at radius 3 is 1.32 bits per heavy atom. The highest BCUT2D eigenvalue weighted by molar-refractivity contribution is 7.91. The summed E-state index contributed by atoms with van der Waals surface area (Å²) >= 11 is 0. The first-order chi connectivity index (χ1) is 46.3. The molecule has 2 N–H and O–H groups in total. The van der Waals surface area contributed by atoms with Gasteiger partial charge in [-0.25, -0.2) is 17.9 Å². The lowest BCUT2D eigenvalue weighted by atomic mass is 9.81. The second kappa shape index (κ2) is 23.2. The van der Waals surface area contributed by atoms with Crippen molar-refractivity contribution in [3.8, 4) is 34.0 Å². The van der Waals surface area contributed by atoms with Gasteiger partial charge in [0.2, 0.25) is 21.8 Å². The Balaban J connectivity index is 0.000000145. The van der Waals surface area contributed by atoms with Gasteiger partial charge in [0.25, 0.3) is 11.8 Å². The van der Waals surface area contributed by atoms with Crippen LogP contribution in [0, 0.1) is 10.8 Å². The normalized spacial score (nSPS) is 28.4. The summed E-state index contributed by atoms with van der Waals surface area (Å²) < 4.78 is 73.7. The lowest BCUT2D eigenvalue weighted by Crippen LogP contribution is -2.57. The van der Waals surface area contributed by atoms with Gasteiger partial charge in [-0.15, -0.1) is 0 Å². The molecule has 2 aromatic heterocycles. The third-order valence-electron chi connectivity index (χ3n) is 25.1. The van der Waals surface area contributed by atoms with Crippen LogP contribution in [0.25, 0.3) is 44.3 Å². The van der Waals surface area contributed by atoms with Crippen molar-refractivity contribution in [2.24, 2.45) is 10.8 Å². The van der Waals surface area contributed by atoms with Gasteiger partial charge in [0, 0.05) is 132 Å². The minimum absolute atomic E-state index is 0.0540. The summed E-state index contributed by atoms with van der Waals surface area (Å²) in [6.07, 6.45) is 20.2. The molecule has 19 nitrogen and oxygen atoms in total. The van der Waals surface area contributed by atoms with E-state index in [-0.39, 0.29) is 53.9 Å². The second-order valence-electron chi connectivity index (χ2n) is 31.1. The Bertz CT molecular complexity index is 4440. The Morgan fingerprint density at radius 2 is 0.927 bits per heavy atom. The van der Waals surface area contributed by atoms with Gasteiger partial charge < -0.3 is 38.2 Å². The molecule has 12 aliphatic rings. The van der Waals surface area contributed by atoms with Crippen LogP contribution in [0.1, 0.15) is 195 Å². The van der Waals surface area contributed by atoms with Gasteiger partial charge in [0.15, 0.2) is 0 Å². The predicted octanol–water partition coefficient (Wildman–Crippen LogP) is 10.6. The maximum absolute atomic E-state index is 15.0. The van der Waals surface area contributed by atoms with Crippen molar-refractivity contribution in [1.29, 1.82) is 0 Å². The minimum Gasteiger partial charge on any atom is -0.497 e. The van der Waals surface area contributed by atoms with Crippen LogP contribution in [0.4, 0.5) is 0 Å². The fraction of sp³-hybridized carbons (Fsp3) is 0.573. The van der Waals surface area contributed by atoms with E-state index in [1.54, 1.807) is 26.4 Å². The number of rotatable bonds is 13. The molecule has 21 heteroatoms. The lowest BCUT2D eigenvalue weighted by molar-refractivity contribution is -0.144. The van der Waals surface area contributed by atoms with E-state index in [1.807, 2.05) is 36.4 Å². The Morgan fingerprint density at radius 1 is 0.510 bits per heavy atom. The summed E-state index contributed by atoms with van der Waals surface area (Å²) in [6.45, 7) is 4.73. The zero-order chi connectivity index (χ0) is 66.1. The van der Waals surface area contributed by atoms with E-state index in [9.17, 15) is 31.2 Å². The molecule has 0 spiro atoms. The van der Waals surface area contributed by atoms with Gasteiger partial charge in [-0.2, -0.15) is 12.7 Å². The highest BCUT2D eigenvalue weighted by Crippen LogP contribution is 2.69. The van der Waals surface area contributed by atoms with E-state index in [2.05, 4.69) is 76.5 Å². The number of nitrogens with zero attached hydrogens (tertiary/aromatic N) is 7. The van der Waals surface area contributed by atoms with Crippen molar-refractivity contribution in [2.45, 2.75) is 201 Å². The summed E-state index contributed by atoms with van der Waals surface area (Å²) in [5, 5.41) is 1.73. The maximum Gasteiger partial charge on any atom is 0.304 e. The molecule has 508 valence electrons. The number of fused-ring (bicyclic) bond motifs is 18. The number of carbonyl (C=O) groups is 4. The molecule has 4 saturated heterocycles. The number of piperazine rings is 2. The van der Waals surface area contributed by atoms with Crippen LogP contribution in [-0.2, 0) is 42.9 Å². The Kier molecular flexibility index (Phi) is 15.1. The highest BCUT2D eigenvalue weighted by atomic mass is 32.2. The molecule has 8 atom stereocenters. The first-order valence-electron chi connectivity index (χ1n) is 35.9. The average Bonchev–Trinajstić information content (AvgIpc) is 1.52. The second-order valence-corrected chi connectivity index (χ2v) is 34.8. The Labute approximate surface area is 563 Å². The minimum atomic E-state index is -3.96. The van der Waals surface area contributed by atoms with Crippen molar-refractivity contribution < 1.29 is 45.5 Å². The molecule has 4 bridgehead atoms. The number of methoxy groups -OCH3 is 2. The van der Waals surface area contributed by atoms with Crippen molar-refractivity contribution in [1.82, 2.24) is 42.5 Å². The predicted molar refractivity (Wildman–Crippen MR) is 368 cm³/mol. The summed E-state index contributed by atoms with van der Waals surface area (Å²) in [5.41, 5.74) is 10.9. The number of hydrogen-bond donors (Lipinski definition) is 2. The van der Waals surface area contributed by atoms with E-state index >= 15 is 4.79 Å². The molecule has 8 heterocycles. The Hall–Kier alpha value is -6.78. The number of amides is 4. The summed E-state index contributed by atoms with van der Waals surface area (Å²) in [5.74, 6) is 1.83. The van der Waals surface area contributed by atoms with Gasteiger partial charge in [0.05, 0.1) is 41.7 Å². The summed E-state index contributed by atoms with van der Waals surface area (Å²) in [6, 6.07) is 25.0. The number of likely N-dealkylation sites (tertiary alicyclic amines) is 2. The zero-order valence-corrected chi connectivity index (χ0v) is 57.7. The molecule has 6 aliphatic carbocycles. The topological polar surface area (TPSA) is 205 Å². The van der Waals surface area contributed by atoms with E-state index in [1.165, 1.54) is 72.1 Å². The van der Waals surface area contributed by atoms with Gasteiger partial charge >= 0.3 is 10.2 Å². The molecule has 4 amide bonds. The highest BCUT2D eigenvalue weighted by Gasteiger charge is 2.67. The third-order valence-corrected chi connectivity index (χ3v) is 28.4. The summed E-state index contributed by atoms with van der Waals surface area (Å²) in [7, 11) is 1.60. The van der Waals surface area contributed by atoms with Gasteiger partial charge in [-0.3, -0.25) is 19.2 Å². The van der Waals surface area contributed by atoms with Crippen LogP contribution >= 0.6 is 0 Å². The van der Waals surface area contributed by atoms with Gasteiger partial charge in [0.1, 0.15) is 11.5 Å². The number of nitrogens with one attached hydrogen (secondary N) is 2. The number of ether oxygens (including phenoxy) is 2. The number of hydrogen-bond acceptors (Lipinski definition) is 12. The van der Waals surface area contributed by atoms with Crippen LogP contribution in [0.2, 0.25) is 0 Å². The summed E-state index contributed by atoms with van der Waals surface area (Å²) in [4.78, 5) is 66.3. The van der Waals surface area contributed by atoms with Crippen molar-refractivity contribution in [2.75, 3.05) is 61.5 Å². The molecular formula is C75H91N9O10S2. The SMILES string of the molecule is COc1ccc2c(c1)C1CC1(C(=O)N1C3CCC1CN(C)C3)Cn1c-2c(C2CCCCC2)c2ccc(C(=O)NS(=O)(=O)C3CC3)cc21.COc1ccc2c(c1)C1CC1(C(=O)N1C3CCC1CN(C)C3)Cn1c-2c(C2CCCCC2)c2ccc(C(=O)NS(=O)(=O)N(C)C3CC3)cc21. The molecular weight excluding hydrogens is 1250 g/mol. The molecule has 6 aliphatic heterocycles. The maximum atomic E-state index is 15.0. The van der Waals surface area contributed by atoms with E-state index < -0.39 is 48.1 Å². The van der Waals surface area contributed by atoms with Gasteiger partial charge in [-0.05, 0) is 199 Å². The number of aromatic nitrogens is 2. The van der Waals surface area contributed by atoms with Crippen LogP contribution in [-0.4, -0.2) is 171 Å². The third kappa shape index (κ3) is 10.3. The van der Waals surface area contributed by atoms with E-state index in [0.29, 0.717) is 48.9 Å². The van der Waals surface area contributed by atoms with E-state index in [0.717, 1.165) is 159 Å². The average molecular weight is 1340 g/mol. The molecule has 18 rings (SSSR count). The fourth-order valence-corrected chi connectivity index (χ4v) is 22.2. The smallest absolute Gasteiger partial charge is 0.304 e. The van der Waals surface area contributed by atoms with Crippen LogP contribution < -0.4 is 18.9 Å². The van der Waals surface area contributed by atoms with Crippen molar-refractivity contribution >= 4 is 65.7 Å².